The van der Waals surface area contributed by atoms with E-state index in [0.29, 0.717) is 6.10 Å². The molecule has 1 nitrogen and oxygen atoms in total. The van der Waals surface area contributed by atoms with E-state index in [-0.39, 0.29) is 4.51 Å². The summed E-state index contributed by atoms with van der Waals surface area (Å²) in [5.41, 5.74) is 0. The third-order valence-electron chi connectivity index (χ3n) is 1.83. The van der Waals surface area contributed by atoms with Crippen molar-refractivity contribution in [2.75, 3.05) is 0 Å². The first-order valence-electron chi connectivity index (χ1n) is 4.01. The summed E-state index contributed by atoms with van der Waals surface area (Å²) in [6, 6.07) is 0. The summed E-state index contributed by atoms with van der Waals surface area (Å²) in [4.78, 5) is 0. The van der Waals surface area contributed by atoms with E-state index in [0.717, 1.165) is 6.42 Å². The Hall–Kier alpha value is -0.0800. The van der Waals surface area contributed by atoms with Crippen LogP contribution in [0.15, 0.2) is 24.3 Å². The predicted octanol–water partition coefficient (Wildman–Crippen LogP) is 2.77. The molecule has 0 unspecified atom stereocenters. The number of allylic oxidation sites excluding steroid dienone is 2. The topological polar surface area (TPSA) is 9.23 Å². The molecule has 0 aromatic carbocycles. The van der Waals surface area contributed by atoms with E-state index >= 15 is 0 Å². The molecule has 2 aliphatic rings. The maximum Gasteiger partial charge on any atom is 0.160 e. The van der Waals surface area contributed by atoms with Gasteiger partial charge < -0.3 is 4.74 Å². The summed E-state index contributed by atoms with van der Waals surface area (Å²) in [6.45, 7) is 0. The zero-order chi connectivity index (χ0) is 7.73. The van der Waals surface area contributed by atoms with Crippen molar-refractivity contribution < 1.29 is 4.74 Å². The maximum atomic E-state index is 5.73. The molecule has 2 aliphatic carbocycles. The van der Waals surface area contributed by atoms with Crippen molar-refractivity contribution in [1.82, 2.24) is 0 Å². The summed E-state index contributed by atoms with van der Waals surface area (Å²) < 4.78 is 5.45. The normalized spacial score (nSPS) is 27.4. The second kappa shape index (κ2) is 2.76. The minimum absolute atomic E-state index is 0.285. The molecule has 2 rings (SSSR count). The summed E-state index contributed by atoms with van der Waals surface area (Å²) in [7, 11) is 0. The van der Waals surface area contributed by atoms with Crippen LogP contribution in [0.25, 0.3) is 0 Å². The van der Waals surface area contributed by atoms with Crippen LogP contribution in [0.4, 0.5) is 0 Å². The van der Waals surface area contributed by atoms with Crippen LogP contribution < -0.4 is 0 Å². The van der Waals surface area contributed by atoms with Gasteiger partial charge in [0.1, 0.15) is 0 Å². The molecule has 0 aromatic heterocycles. The Morgan fingerprint density at radius 3 is 2.45 bits per heavy atom. The minimum Gasteiger partial charge on any atom is -0.353 e. The molecule has 0 N–H and O–H groups in total. The Labute approximate surface area is 75.2 Å². The highest BCUT2D eigenvalue weighted by Gasteiger charge is 2.32. The lowest BCUT2D eigenvalue weighted by atomic mass is 10.2. The number of ether oxygens (including phenoxy) is 1. The second-order valence-electron chi connectivity index (χ2n) is 3.06. The van der Waals surface area contributed by atoms with Crippen molar-refractivity contribution >= 4 is 15.9 Å². The largest absolute Gasteiger partial charge is 0.353 e. The Kier molecular flexibility index (Phi) is 1.90. The van der Waals surface area contributed by atoms with Gasteiger partial charge in [-0.25, -0.2) is 0 Å². The van der Waals surface area contributed by atoms with Gasteiger partial charge in [0.15, 0.2) is 4.51 Å². The number of alkyl halides is 1. The fraction of sp³-hybridized carbons (Fsp3) is 0.556. The molecule has 1 saturated carbocycles. The van der Waals surface area contributed by atoms with Gasteiger partial charge in [0.05, 0.1) is 6.10 Å². The molecule has 0 bridgehead atoms. The van der Waals surface area contributed by atoms with Crippen LogP contribution in [0.2, 0.25) is 0 Å². The highest BCUT2D eigenvalue weighted by atomic mass is 79.9. The minimum atomic E-state index is -0.285. The van der Waals surface area contributed by atoms with Gasteiger partial charge in [-0.2, -0.15) is 0 Å². The van der Waals surface area contributed by atoms with Crippen LogP contribution >= 0.6 is 15.9 Å². The highest BCUT2D eigenvalue weighted by molar-refractivity contribution is 9.10. The molecule has 0 amide bonds. The lowest BCUT2D eigenvalue weighted by Gasteiger charge is -2.22. The van der Waals surface area contributed by atoms with E-state index in [9.17, 15) is 0 Å². The van der Waals surface area contributed by atoms with Crippen LogP contribution in [0.1, 0.15) is 19.3 Å². The first-order valence-corrected chi connectivity index (χ1v) is 4.80. The van der Waals surface area contributed by atoms with E-state index < -0.39 is 0 Å². The molecule has 2 heteroatoms. The molecule has 0 spiro atoms. The zero-order valence-corrected chi connectivity index (χ0v) is 7.88. The van der Waals surface area contributed by atoms with Crippen molar-refractivity contribution in [3.63, 3.8) is 0 Å². The van der Waals surface area contributed by atoms with Gasteiger partial charge in [0, 0.05) is 0 Å². The SMILES string of the molecule is BrC1(OC2CC2)C=CCC=C1. The average molecular weight is 215 g/mol. The predicted molar refractivity (Wildman–Crippen MR) is 48.7 cm³/mol. The van der Waals surface area contributed by atoms with Crippen molar-refractivity contribution in [3.05, 3.63) is 24.3 Å². The van der Waals surface area contributed by atoms with E-state index in [1.165, 1.54) is 12.8 Å². The van der Waals surface area contributed by atoms with Crippen LogP contribution in [-0.2, 0) is 4.74 Å². The summed E-state index contributed by atoms with van der Waals surface area (Å²) in [5.74, 6) is 0. The van der Waals surface area contributed by atoms with E-state index in [1.807, 2.05) is 0 Å². The average Bonchev–Trinajstić information content (AvgIpc) is 2.72. The Balaban J connectivity index is 2.00. The molecule has 11 heavy (non-hydrogen) atoms. The number of hydrogen-bond acceptors (Lipinski definition) is 1. The van der Waals surface area contributed by atoms with E-state index in [1.54, 1.807) is 0 Å². The van der Waals surface area contributed by atoms with Gasteiger partial charge in [-0.15, -0.1) is 0 Å². The fourth-order valence-corrected chi connectivity index (χ4v) is 1.75. The van der Waals surface area contributed by atoms with Crippen molar-refractivity contribution in [1.29, 1.82) is 0 Å². The van der Waals surface area contributed by atoms with Gasteiger partial charge in [-0.1, -0.05) is 12.2 Å². The fourth-order valence-electron chi connectivity index (χ4n) is 1.11. The van der Waals surface area contributed by atoms with Crippen LogP contribution in [0.3, 0.4) is 0 Å². The molecule has 0 saturated heterocycles. The van der Waals surface area contributed by atoms with Crippen molar-refractivity contribution in [3.8, 4) is 0 Å². The van der Waals surface area contributed by atoms with Gasteiger partial charge in [0.2, 0.25) is 0 Å². The summed E-state index contributed by atoms with van der Waals surface area (Å²) in [6.07, 6.45) is 12.3. The smallest absolute Gasteiger partial charge is 0.160 e. The Morgan fingerprint density at radius 1 is 1.27 bits per heavy atom. The number of hydrogen-bond donors (Lipinski definition) is 0. The van der Waals surface area contributed by atoms with Gasteiger partial charge in [0.25, 0.3) is 0 Å². The first kappa shape index (κ1) is 7.56. The van der Waals surface area contributed by atoms with Crippen LogP contribution in [-0.4, -0.2) is 10.6 Å². The van der Waals surface area contributed by atoms with E-state index in [4.69, 9.17) is 4.74 Å². The zero-order valence-electron chi connectivity index (χ0n) is 6.29. The van der Waals surface area contributed by atoms with E-state index in [2.05, 4.69) is 40.2 Å². The van der Waals surface area contributed by atoms with Gasteiger partial charge in [-0.3, -0.25) is 0 Å². The van der Waals surface area contributed by atoms with Crippen LogP contribution in [0.5, 0.6) is 0 Å². The standard InChI is InChI=1S/C9H11BrO/c10-9(11-8-4-5-8)6-2-1-3-7-9/h2-3,6-8H,1,4-5H2. The molecular weight excluding hydrogens is 204 g/mol. The first-order chi connectivity index (χ1) is 5.29. The summed E-state index contributed by atoms with van der Waals surface area (Å²) >= 11 is 3.54. The van der Waals surface area contributed by atoms with Gasteiger partial charge >= 0.3 is 0 Å². The molecule has 0 aliphatic heterocycles. The molecule has 1 fully saturated rings. The maximum absolute atomic E-state index is 5.73. The molecule has 0 heterocycles. The molecule has 60 valence electrons. The second-order valence-corrected chi connectivity index (χ2v) is 4.29. The number of halogens is 1. The quantitative estimate of drug-likeness (QED) is 0.508. The summed E-state index contributed by atoms with van der Waals surface area (Å²) in [5, 5.41) is 0. The number of rotatable bonds is 2. The van der Waals surface area contributed by atoms with Crippen molar-refractivity contribution in [2.24, 2.45) is 0 Å². The van der Waals surface area contributed by atoms with Crippen LogP contribution in [0, 0.1) is 0 Å². The Bertz CT molecular complexity index is 192. The molecule has 0 atom stereocenters. The monoisotopic (exact) mass is 214 g/mol. The van der Waals surface area contributed by atoms with Crippen molar-refractivity contribution in [2.45, 2.75) is 29.9 Å². The molecular formula is C9H11BrO. The molecule has 0 radical (unpaired) electrons. The Morgan fingerprint density at radius 2 is 1.91 bits per heavy atom. The third kappa shape index (κ3) is 1.94. The molecule has 0 aromatic rings. The lowest BCUT2D eigenvalue weighted by molar-refractivity contribution is 0.0812. The lowest BCUT2D eigenvalue weighted by Crippen LogP contribution is -2.21. The highest BCUT2D eigenvalue weighted by Crippen LogP contribution is 2.35. The third-order valence-corrected chi connectivity index (χ3v) is 2.55. The van der Waals surface area contributed by atoms with Gasteiger partial charge in [-0.05, 0) is 47.3 Å².